The largest absolute Gasteiger partial charge is 0.467 e. The normalized spacial score (nSPS) is 19.5. The summed E-state index contributed by atoms with van der Waals surface area (Å²) in [5.74, 6) is 1.49. The van der Waals surface area contributed by atoms with Crippen molar-refractivity contribution in [1.29, 1.82) is 0 Å². The van der Waals surface area contributed by atoms with Crippen molar-refractivity contribution in [2.24, 2.45) is 4.99 Å². The van der Waals surface area contributed by atoms with Gasteiger partial charge in [0.15, 0.2) is 5.96 Å². The van der Waals surface area contributed by atoms with Gasteiger partial charge >= 0.3 is 0 Å². The number of aliphatic imine (C=N–C) groups is 1. The highest BCUT2D eigenvalue weighted by atomic mass is 127. The molecule has 5 nitrogen and oxygen atoms in total. The molecule has 2 aromatic rings. The fourth-order valence-electron chi connectivity index (χ4n) is 2.98. The summed E-state index contributed by atoms with van der Waals surface area (Å²) in [5, 5.41) is 17.4. The van der Waals surface area contributed by atoms with Gasteiger partial charge in [-0.1, -0.05) is 24.3 Å². The molecular weight excluding hydrogens is 417 g/mol. The van der Waals surface area contributed by atoms with E-state index in [0.717, 1.165) is 30.7 Å². The minimum Gasteiger partial charge on any atom is -0.467 e. The van der Waals surface area contributed by atoms with Gasteiger partial charge in [0.2, 0.25) is 0 Å². The van der Waals surface area contributed by atoms with Crippen molar-refractivity contribution < 1.29 is 9.52 Å². The summed E-state index contributed by atoms with van der Waals surface area (Å²) in [4.78, 5) is 4.49. The van der Waals surface area contributed by atoms with Crippen molar-refractivity contribution in [3.05, 3.63) is 59.5 Å². The van der Waals surface area contributed by atoms with Crippen LogP contribution in [-0.4, -0.2) is 24.2 Å². The first-order chi connectivity index (χ1) is 11.2. The quantitative estimate of drug-likeness (QED) is 0.379. The summed E-state index contributed by atoms with van der Waals surface area (Å²) in [6.45, 7) is 3.69. The van der Waals surface area contributed by atoms with Crippen LogP contribution in [0.3, 0.4) is 0 Å². The van der Waals surface area contributed by atoms with Gasteiger partial charge in [-0.15, -0.1) is 24.0 Å². The van der Waals surface area contributed by atoms with Gasteiger partial charge in [0, 0.05) is 6.54 Å². The Morgan fingerprint density at radius 1 is 1.25 bits per heavy atom. The zero-order valence-electron chi connectivity index (χ0n) is 13.8. The lowest BCUT2D eigenvalue weighted by atomic mass is 9.96. The third-order valence-electron chi connectivity index (χ3n) is 4.19. The highest BCUT2D eigenvalue weighted by molar-refractivity contribution is 14.0. The monoisotopic (exact) mass is 441 g/mol. The molecule has 0 saturated carbocycles. The van der Waals surface area contributed by atoms with E-state index < -0.39 is 5.60 Å². The van der Waals surface area contributed by atoms with Crippen LogP contribution in [-0.2, 0) is 18.6 Å². The van der Waals surface area contributed by atoms with E-state index in [1.807, 2.05) is 37.3 Å². The fraction of sp³-hybridized carbons (Fsp3) is 0.389. The Labute approximate surface area is 159 Å². The minimum absolute atomic E-state index is 0. The number of hydrogen-bond acceptors (Lipinski definition) is 3. The van der Waals surface area contributed by atoms with E-state index in [1.54, 1.807) is 6.26 Å². The minimum atomic E-state index is -0.836. The number of furan rings is 1. The zero-order valence-corrected chi connectivity index (χ0v) is 16.1. The van der Waals surface area contributed by atoms with Crippen LogP contribution in [0.25, 0.3) is 0 Å². The van der Waals surface area contributed by atoms with E-state index in [-0.39, 0.29) is 24.0 Å². The topological polar surface area (TPSA) is 69.8 Å². The van der Waals surface area contributed by atoms with E-state index in [2.05, 4.69) is 21.7 Å². The maximum atomic E-state index is 10.9. The van der Waals surface area contributed by atoms with Crippen LogP contribution in [0.1, 0.15) is 30.2 Å². The summed E-state index contributed by atoms with van der Waals surface area (Å²) < 4.78 is 5.29. The third-order valence-corrected chi connectivity index (χ3v) is 4.19. The maximum absolute atomic E-state index is 10.9. The number of rotatable bonds is 5. The standard InChI is InChI=1S/C18H23N3O2.HI/c1-2-19-17(20-12-15-7-5-11-23-15)21-13-18(22)10-9-14-6-3-4-8-16(14)18;/h3-8,11,22H,2,9-10,12-13H2,1H3,(H2,19,20,21);1H. The van der Waals surface area contributed by atoms with Gasteiger partial charge in [0.05, 0.1) is 12.8 Å². The molecule has 0 bridgehead atoms. The molecule has 0 aliphatic heterocycles. The molecule has 1 unspecified atom stereocenters. The molecule has 3 N–H and O–H groups in total. The third kappa shape index (κ3) is 4.30. The van der Waals surface area contributed by atoms with Gasteiger partial charge in [0.1, 0.15) is 17.9 Å². The predicted molar refractivity (Wildman–Crippen MR) is 106 cm³/mol. The number of benzene rings is 1. The van der Waals surface area contributed by atoms with E-state index in [1.165, 1.54) is 5.56 Å². The summed E-state index contributed by atoms with van der Waals surface area (Å²) in [6, 6.07) is 11.8. The van der Waals surface area contributed by atoms with E-state index in [0.29, 0.717) is 19.0 Å². The Balaban J connectivity index is 0.00000208. The van der Waals surface area contributed by atoms with Gasteiger partial charge in [-0.2, -0.15) is 0 Å². The molecule has 1 aromatic carbocycles. The number of hydrogen-bond donors (Lipinski definition) is 3. The van der Waals surface area contributed by atoms with Crippen LogP contribution in [0, 0.1) is 0 Å². The molecule has 0 saturated heterocycles. The molecule has 1 aromatic heterocycles. The van der Waals surface area contributed by atoms with Crippen LogP contribution < -0.4 is 10.6 Å². The van der Waals surface area contributed by atoms with Crippen LogP contribution in [0.5, 0.6) is 0 Å². The Morgan fingerprint density at radius 3 is 2.83 bits per heavy atom. The molecule has 1 heterocycles. The summed E-state index contributed by atoms with van der Waals surface area (Å²) >= 11 is 0. The molecule has 130 valence electrons. The van der Waals surface area contributed by atoms with Crippen molar-refractivity contribution in [2.75, 3.05) is 13.1 Å². The van der Waals surface area contributed by atoms with E-state index in [9.17, 15) is 5.11 Å². The molecule has 24 heavy (non-hydrogen) atoms. The average Bonchev–Trinajstić information content (AvgIpc) is 3.20. The summed E-state index contributed by atoms with van der Waals surface area (Å²) in [5.41, 5.74) is 1.42. The molecule has 6 heteroatoms. The van der Waals surface area contributed by atoms with Crippen LogP contribution >= 0.6 is 24.0 Å². The van der Waals surface area contributed by atoms with Crippen molar-refractivity contribution in [2.45, 2.75) is 31.9 Å². The molecule has 3 rings (SSSR count). The number of aryl methyl sites for hydroxylation is 1. The second-order valence-electron chi connectivity index (χ2n) is 5.82. The number of nitrogens with zero attached hydrogens (tertiary/aromatic N) is 1. The molecule has 0 radical (unpaired) electrons. The van der Waals surface area contributed by atoms with Gasteiger partial charge in [0.25, 0.3) is 0 Å². The Morgan fingerprint density at radius 2 is 2.08 bits per heavy atom. The van der Waals surface area contributed by atoms with Gasteiger partial charge in [-0.05, 0) is 43.0 Å². The average molecular weight is 441 g/mol. The van der Waals surface area contributed by atoms with E-state index in [4.69, 9.17) is 4.42 Å². The molecule has 1 aliphatic carbocycles. The van der Waals surface area contributed by atoms with Crippen molar-refractivity contribution in [3.63, 3.8) is 0 Å². The first-order valence-electron chi connectivity index (χ1n) is 8.06. The number of aliphatic hydroxyl groups is 1. The lowest BCUT2D eigenvalue weighted by Crippen LogP contribution is -2.45. The second kappa shape index (κ2) is 8.53. The number of fused-ring (bicyclic) bond motifs is 1. The van der Waals surface area contributed by atoms with E-state index >= 15 is 0 Å². The number of guanidine groups is 1. The first kappa shape index (κ1) is 18.8. The van der Waals surface area contributed by atoms with Gasteiger partial charge in [-0.3, -0.25) is 0 Å². The highest BCUT2D eigenvalue weighted by Gasteiger charge is 2.36. The second-order valence-corrected chi connectivity index (χ2v) is 5.82. The molecular formula is C18H24IN3O2. The molecule has 1 atom stereocenters. The smallest absolute Gasteiger partial charge is 0.191 e. The Hall–Kier alpha value is -1.54. The Kier molecular flexibility index (Phi) is 6.68. The number of halogens is 1. The van der Waals surface area contributed by atoms with Crippen molar-refractivity contribution in [3.8, 4) is 0 Å². The van der Waals surface area contributed by atoms with Crippen LogP contribution in [0.15, 0.2) is 52.1 Å². The lowest BCUT2D eigenvalue weighted by molar-refractivity contribution is 0.0432. The SMILES string of the molecule is CCNC(=NCc1ccco1)NCC1(O)CCc2ccccc21.I. The van der Waals surface area contributed by atoms with Gasteiger partial charge < -0.3 is 20.2 Å². The maximum Gasteiger partial charge on any atom is 0.191 e. The van der Waals surface area contributed by atoms with Gasteiger partial charge in [-0.25, -0.2) is 4.99 Å². The zero-order chi connectivity index (χ0) is 16.1. The molecule has 0 amide bonds. The highest BCUT2D eigenvalue weighted by Crippen LogP contribution is 2.36. The molecule has 0 fully saturated rings. The number of nitrogens with one attached hydrogen (secondary N) is 2. The van der Waals surface area contributed by atoms with Crippen molar-refractivity contribution >= 4 is 29.9 Å². The summed E-state index contributed by atoms with van der Waals surface area (Å²) in [6.07, 6.45) is 3.29. The van der Waals surface area contributed by atoms with Crippen LogP contribution in [0.4, 0.5) is 0 Å². The first-order valence-corrected chi connectivity index (χ1v) is 8.06. The molecule has 1 aliphatic rings. The fourth-order valence-corrected chi connectivity index (χ4v) is 2.98. The van der Waals surface area contributed by atoms with Crippen molar-refractivity contribution in [1.82, 2.24) is 10.6 Å². The summed E-state index contributed by atoms with van der Waals surface area (Å²) in [7, 11) is 0. The lowest BCUT2D eigenvalue weighted by Gasteiger charge is -2.25. The Bertz CT molecular complexity index is 673. The molecule has 0 spiro atoms. The predicted octanol–water partition coefficient (Wildman–Crippen LogP) is 2.79. The van der Waals surface area contributed by atoms with Crippen LogP contribution in [0.2, 0.25) is 0 Å².